The first-order valence-electron chi connectivity index (χ1n) is 4.26. The summed E-state index contributed by atoms with van der Waals surface area (Å²) in [6.45, 7) is 0. The Morgan fingerprint density at radius 1 is 1.23 bits per heavy atom. The quantitative estimate of drug-likeness (QED) is 0.661. The third-order valence-corrected chi connectivity index (χ3v) is 2.30. The highest BCUT2D eigenvalue weighted by Gasteiger charge is 2.25. The zero-order valence-electron chi connectivity index (χ0n) is 6.93. The fraction of sp³-hybridized carbons (Fsp3) is 0.400. The zero-order chi connectivity index (χ0) is 9.42. The number of hydrogen-bond acceptors (Lipinski definition) is 0. The second-order valence-electron chi connectivity index (χ2n) is 3.36. The molecule has 13 heavy (non-hydrogen) atoms. The van der Waals surface area contributed by atoms with Crippen LogP contribution in [0.1, 0.15) is 36.3 Å². The molecule has 0 aliphatic heterocycles. The molecule has 0 radical (unpaired) electrons. The van der Waals surface area contributed by atoms with Crippen LogP contribution in [-0.2, 0) is 0 Å². The van der Waals surface area contributed by atoms with Crippen molar-refractivity contribution in [3.8, 4) is 0 Å². The summed E-state index contributed by atoms with van der Waals surface area (Å²) >= 11 is 0. The lowest BCUT2D eigenvalue weighted by molar-refractivity contribution is 0.146. The van der Waals surface area contributed by atoms with E-state index >= 15 is 0 Å². The molecule has 1 aliphatic carbocycles. The van der Waals surface area contributed by atoms with E-state index in [1.807, 2.05) is 0 Å². The summed E-state index contributed by atoms with van der Waals surface area (Å²) < 4.78 is 37.3. The first-order valence-corrected chi connectivity index (χ1v) is 4.26. The van der Waals surface area contributed by atoms with Crippen LogP contribution in [0, 0.1) is 5.82 Å². The lowest BCUT2D eigenvalue weighted by Crippen LogP contribution is -1.92. The van der Waals surface area contributed by atoms with Crippen LogP contribution in [0.25, 0.3) is 0 Å². The van der Waals surface area contributed by atoms with Gasteiger partial charge < -0.3 is 0 Å². The summed E-state index contributed by atoms with van der Waals surface area (Å²) in [4.78, 5) is 0. The van der Waals surface area contributed by atoms with Crippen LogP contribution in [-0.4, -0.2) is 0 Å². The molecule has 1 aromatic rings. The van der Waals surface area contributed by atoms with Crippen molar-refractivity contribution in [3.63, 3.8) is 0 Å². The Balaban J connectivity index is 2.36. The van der Waals surface area contributed by atoms with Gasteiger partial charge in [0.25, 0.3) is 6.43 Å². The molecule has 0 bridgehead atoms. The van der Waals surface area contributed by atoms with Crippen LogP contribution in [0.5, 0.6) is 0 Å². The predicted octanol–water partition coefficient (Wildman–Crippen LogP) is 3.64. The van der Waals surface area contributed by atoms with Gasteiger partial charge in [0.1, 0.15) is 5.82 Å². The molecule has 1 fully saturated rings. The molecule has 0 unspecified atom stereocenters. The van der Waals surface area contributed by atoms with Crippen LogP contribution < -0.4 is 0 Å². The Morgan fingerprint density at radius 3 is 2.46 bits per heavy atom. The number of alkyl halides is 2. The number of hydrogen-bond donors (Lipinski definition) is 0. The largest absolute Gasteiger partial charge is 0.266 e. The molecule has 0 heterocycles. The van der Waals surface area contributed by atoms with Crippen molar-refractivity contribution < 1.29 is 13.2 Å². The molecule has 0 nitrogen and oxygen atoms in total. The van der Waals surface area contributed by atoms with Crippen LogP contribution >= 0.6 is 0 Å². The van der Waals surface area contributed by atoms with E-state index in [0.717, 1.165) is 24.5 Å². The van der Waals surface area contributed by atoms with Crippen molar-refractivity contribution in [3.05, 3.63) is 35.1 Å². The molecule has 2 rings (SSSR count). The van der Waals surface area contributed by atoms with Crippen LogP contribution in [0.4, 0.5) is 13.2 Å². The van der Waals surface area contributed by atoms with Gasteiger partial charge in [0.15, 0.2) is 0 Å². The average molecular weight is 186 g/mol. The molecule has 0 atom stereocenters. The zero-order valence-corrected chi connectivity index (χ0v) is 6.93. The van der Waals surface area contributed by atoms with E-state index in [4.69, 9.17) is 0 Å². The molecular formula is C10H9F3. The number of halogens is 3. The van der Waals surface area contributed by atoms with Gasteiger partial charge in [-0.25, -0.2) is 13.2 Å². The molecule has 0 aromatic heterocycles. The Hall–Kier alpha value is -0.990. The summed E-state index contributed by atoms with van der Waals surface area (Å²) in [6.07, 6.45) is -0.637. The van der Waals surface area contributed by atoms with Crippen molar-refractivity contribution in [2.75, 3.05) is 0 Å². The summed E-state index contributed by atoms with van der Waals surface area (Å²) in [5.74, 6) is -0.419. The highest BCUT2D eigenvalue weighted by Crippen LogP contribution is 2.41. The molecule has 1 aliphatic rings. The van der Waals surface area contributed by atoms with E-state index in [1.54, 1.807) is 6.07 Å². The third kappa shape index (κ3) is 1.69. The molecule has 70 valence electrons. The summed E-state index contributed by atoms with van der Waals surface area (Å²) in [5.41, 5.74) is 0.376. The van der Waals surface area contributed by atoms with E-state index in [9.17, 15) is 13.2 Å². The maximum Gasteiger partial charge on any atom is 0.266 e. The summed E-state index contributed by atoms with van der Waals surface area (Å²) in [6, 6.07) is 4.02. The average Bonchev–Trinajstić information content (AvgIpc) is 2.87. The predicted molar refractivity (Wildman–Crippen MR) is 43.3 cm³/mol. The van der Waals surface area contributed by atoms with E-state index < -0.39 is 17.8 Å². The van der Waals surface area contributed by atoms with E-state index in [-0.39, 0.29) is 0 Å². The highest BCUT2D eigenvalue weighted by molar-refractivity contribution is 5.30. The lowest BCUT2D eigenvalue weighted by Gasteiger charge is -2.04. The van der Waals surface area contributed by atoms with Gasteiger partial charge in [0.2, 0.25) is 0 Å². The van der Waals surface area contributed by atoms with Crippen molar-refractivity contribution in [1.82, 2.24) is 0 Å². The Kier molecular flexibility index (Phi) is 2.02. The minimum absolute atomic E-state index is 0.387. The monoisotopic (exact) mass is 186 g/mol. The fourth-order valence-electron chi connectivity index (χ4n) is 1.40. The SMILES string of the molecule is Fc1ccc(C2CC2)cc1C(F)F. The van der Waals surface area contributed by atoms with Gasteiger partial charge in [-0.2, -0.15) is 0 Å². The maximum atomic E-state index is 12.8. The first kappa shape index (κ1) is 8.60. The Labute approximate surface area is 74.4 Å². The first-order chi connectivity index (χ1) is 6.18. The van der Waals surface area contributed by atoms with Gasteiger partial charge in [-0.3, -0.25) is 0 Å². The number of rotatable bonds is 2. The molecule has 3 heteroatoms. The van der Waals surface area contributed by atoms with Gasteiger partial charge in [-0.15, -0.1) is 0 Å². The van der Waals surface area contributed by atoms with Crippen molar-refractivity contribution in [2.45, 2.75) is 25.2 Å². The molecule has 1 aromatic carbocycles. The number of benzene rings is 1. The fourth-order valence-corrected chi connectivity index (χ4v) is 1.40. The van der Waals surface area contributed by atoms with Gasteiger partial charge in [0.05, 0.1) is 5.56 Å². The second-order valence-corrected chi connectivity index (χ2v) is 3.36. The van der Waals surface area contributed by atoms with Gasteiger partial charge >= 0.3 is 0 Å². The minimum Gasteiger partial charge on any atom is -0.206 e. The normalized spacial score (nSPS) is 16.6. The van der Waals surface area contributed by atoms with Crippen LogP contribution in [0.3, 0.4) is 0 Å². The summed E-state index contributed by atoms with van der Waals surface area (Å²) in [5, 5.41) is 0. The van der Waals surface area contributed by atoms with Crippen LogP contribution in [0.2, 0.25) is 0 Å². The van der Waals surface area contributed by atoms with Gasteiger partial charge in [0, 0.05) is 0 Å². The molecular weight excluding hydrogens is 177 g/mol. The Bertz CT molecular complexity index is 316. The smallest absolute Gasteiger partial charge is 0.206 e. The molecule has 0 spiro atoms. The molecule has 0 saturated heterocycles. The molecule has 0 amide bonds. The van der Waals surface area contributed by atoms with E-state index in [2.05, 4.69) is 0 Å². The van der Waals surface area contributed by atoms with Crippen molar-refractivity contribution in [1.29, 1.82) is 0 Å². The molecule has 0 N–H and O–H groups in total. The lowest BCUT2D eigenvalue weighted by atomic mass is 10.1. The van der Waals surface area contributed by atoms with Crippen LogP contribution in [0.15, 0.2) is 18.2 Å². The highest BCUT2D eigenvalue weighted by atomic mass is 19.3. The summed E-state index contributed by atoms with van der Waals surface area (Å²) in [7, 11) is 0. The minimum atomic E-state index is -2.71. The second kappa shape index (κ2) is 3.05. The van der Waals surface area contributed by atoms with Crippen molar-refractivity contribution >= 4 is 0 Å². The van der Waals surface area contributed by atoms with Gasteiger partial charge in [-0.05, 0) is 36.5 Å². The Morgan fingerprint density at radius 2 is 1.92 bits per heavy atom. The van der Waals surface area contributed by atoms with E-state index in [1.165, 1.54) is 6.07 Å². The maximum absolute atomic E-state index is 12.8. The van der Waals surface area contributed by atoms with E-state index in [0.29, 0.717) is 5.92 Å². The van der Waals surface area contributed by atoms with Gasteiger partial charge in [-0.1, -0.05) is 6.07 Å². The topological polar surface area (TPSA) is 0 Å². The molecule has 1 saturated carbocycles. The van der Waals surface area contributed by atoms with Crippen molar-refractivity contribution in [2.24, 2.45) is 0 Å². The third-order valence-electron chi connectivity index (χ3n) is 2.30. The standard InChI is InChI=1S/C10H9F3/c11-9-4-3-7(6-1-2-6)5-8(9)10(12)13/h3-6,10H,1-2H2.